The van der Waals surface area contributed by atoms with Crippen LogP contribution in [0.3, 0.4) is 0 Å². The number of carbonyl (C=O) groups excluding carboxylic acids is 2. The van der Waals surface area contributed by atoms with Gasteiger partial charge in [-0.2, -0.15) is 0 Å². The number of unbranched alkanes of at least 4 members (excludes halogenated alkanes) is 5. The molecule has 0 saturated heterocycles. The zero-order chi connectivity index (χ0) is 25.3. The molecule has 0 aliphatic heterocycles. The summed E-state index contributed by atoms with van der Waals surface area (Å²) in [6.45, 7) is 8.05. The third-order valence-electron chi connectivity index (χ3n) is 5.51. The third-order valence-corrected chi connectivity index (χ3v) is 5.51. The maximum absolute atomic E-state index is 12.4. The van der Waals surface area contributed by atoms with Crippen molar-refractivity contribution in [2.45, 2.75) is 84.5 Å². The normalized spacial score (nSPS) is 11.0. The van der Waals surface area contributed by atoms with E-state index in [4.69, 9.17) is 19.6 Å². The van der Waals surface area contributed by atoms with E-state index in [1.54, 1.807) is 24.3 Å². The van der Waals surface area contributed by atoms with Gasteiger partial charge in [-0.05, 0) is 54.7 Å². The van der Waals surface area contributed by atoms with Crippen molar-refractivity contribution in [2.24, 2.45) is 0 Å². The van der Waals surface area contributed by atoms with Crippen LogP contribution in [0.2, 0.25) is 0 Å². The molecule has 0 saturated carbocycles. The Morgan fingerprint density at radius 1 is 0.629 bits per heavy atom. The van der Waals surface area contributed by atoms with Crippen molar-refractivity contribution < 1.29 is 29.1 Å². The molecule has 6 heteroatoms. The molecule has 2 aromatic carbocycles. The number of rotatable bonds is 17. The highest BCUT2D eigenvalue weighted by atomic mass is 17.3. The lowest BCUT2D eigenvalue weighted by Crippen LogP contribution is -2.16. The second-order valence-corrected chi connectivity index (χ2v) is 8.55. The molecule has 0 atom stereocenters. The maximum atomic E-state index is 12.4. The quantitative estimate of drug-likeness (QED) is 0.132. The Hall–Kier alpha value is -2.70. The Morgan fingerprint density at radius 3 is 1.49 bits per heavy atom. The van der Waals surface area contributed by atoms with Crippen molar-refractivity contribution in [3.05, 3.63) is 84.0 Å². The van der Waals surface area contributed by atoms with Crippen LogP contribution in [0, 0.1) is 13.2 Å². The van der Waals surface area contributed by atoms with Gasteiger partial charge < -0.3 is 0 Å². The fraction of sp³-hybridized carbons (Fsp3) is 0.448. The van der Waals surface area contributed by atoms with E-state index < -0.39 is 11.9 Å². The summed E-state index contributed by atoms with van der Waals surface area (Å²) in [6, 6.07) is 14.3. The van der Waals surface area contributed by atoms with Crippen LogP contribution in [0.25, 0.3) is 0 Å². The fourth-order valence-electron chi connectivity index (χ4n) is 3.53. The molecule has 0 fully saturated rings. The molecule has 2 aromatic rings. The van der Waals surface area contributed by atoms with E-state index in [9.17, 15) is 9.59 Å². The lowest BCUT2D eigenvalue weighted by Gasteiger charge is -2.14. The summed E-state index contributed by atoms with van der Waals surface area (Å²) >= 11 is 0. The highest BCUT2D eigenvalue weighted by Gasteiger charge is 2.21. The van der Waals surface area contributed by atoms with Crippen LogP contribution < -0.4 is 0 Å². The molecule has 0 aliphatic carbocycles. The molecule has 2 radical (unpaired) electrons. The van der Waals surface area contributed by atoms with E-state index >= 15 is 0 Å². The molecule has 0 unspecified atom stereocenters. The molecule has 190 valence electrons. The monoisotopic (exact) mass is 482 g/mol. The summed E-state index contributed by atoms with van der Waals surface area (Å²) in [4.78, 5) is 45.0. The average Bonchev–Trinajstić information content (AvgIpc) is 2.88. The largest absolute Gasteiger partial charge is 0.373 e. The number of carbonyl (C=O) groups is 2. The molecule has 6 nitrogen and oxygen atoms in total. The minimum atomic E-state index is -0.651. The van der Waals surface area contributed by atoms with E-state index in [0.717, 1.165) is 75.3 Å². The van der Waals surface area contributed by atoms with Crippen LogP contribution >= 0.6 is 0 Å². The minimum absolute atomic E-state index is 0.0749. The Morgan fingerprint density at radius 2 is 1.06 bits per heavy atom. The molecule has 0 heterocycles. The summed E-state index contributed by atoms with van der Waals surface area (Å²) in [5.41, 5.74) is 3.02. The van der Waals surface area contributed by atoms with E-state index in [2.05, 4.69) is 20.8 Å². The van der Waals surface area contributed by atoms with Gasteiger partial charge >= 0.3 is 18.2 Å². The molecule has 0 N–H and O–H groups in total. The van der Waals surface area contributed by atoms with Gasteiger partial charge in [-0.1, -0.05) is 90.0 Å². The first-order valence-corrected chi connectivity index (χ1v) is 12.7. The van der Waals surface area contributed by atoms with Crippen molar-refractivity contribution in [1.29, 1.82) is 0 Å². The van der Waals surface area contributed by atoms with Crippen molar-refractivity contribution in [3.63, 3.8) is 0 Å². The van der Waals surface area contributed by atoms with Gasteiger partial charge in [0.05, 0.1) is 11.1 Å². The highest BCUT2D eigenvalue weighted by molar-refractivity contribution is 5.89. The fourth-order valence-corrected chi connectivity index (χ4v) is 3.53. The van der Waals surface area contributed by atoms with Crippen LogP contribution in [0.5, 0.6) is 0 Å². The van der Waals surface area contributed by atoms with Gasteiger partial charge in [-0.3, -0.25) is 9.78 Å². The van der Waals surface area contributed by atoms with Crippen LogP contribution in [0.4, 0.5) is 0 Å². The molecular formula is C29H38O6. The van der Waals surface area contributed by atoms with Crippen LogP contribution in [-0.4, -0.2) is 11.9 Å². The lowest BCUT2D eigenvalue weighted by molar-refractivity contribution is -0.363. The van der Waals surface area contributed by atoms with Crippen molar-refractivity contribution in [1.82, 2.24) is 0 Å². The van der Waals surface area contributed by atoms with Gasteiger partial charge in [0.1, 0.15) is 0 Å². The predicted molar refractivity (Wildman–Crippen MR) is 135 cm³/mol. The first kappa shape index (κ1) is 28.5. The molecule has 0 aliphatic rings. The van der Waals surface area contributed by atoms with Crippen LogP contribution in [0.1, 0.15) is 103 Å². The summed E-state index contributed by atoms with van der Waals surface area (Å²) in [7, 11) is 0. The van der Waals surface area contributed by atoms with E-state index in [0.29, 0.717) is 17.5 Å². The summed E-state index contributed by atoms with van der Waals surface area (Å²) in [5.74, 6) is -1.30. The summed E-state index contributed by atoms with van der Waals surface area (Å²) in [5, 5.41) is 0. The topological polar surface area (TPSA) is 71.1 Å². The highest BCUT2D eigenvalue weighted by Crippen LogP contribution is 2.20. The molecule has 0 aromatic heterocycles. The predicted octanol–water partition coefficient (Wildman–Crippen LogP) is 7.52. The van der Waals surface area contributed by atoms with Gasteiger partial charge in [-0.25, -0.2) is 9.59 Å². The zero-order valence-corrected chi connectivity index (χ0v) is 21.1. The maximum Gasteiger partial charge on any atom is 0.373 e. The standard InChI is InChI=1S/C29H38O6/c1-4-7-8-9-10-11-14-27(32-34-28(30)25-19-15-23(12-5-2)16-20-25)33-35-29(31)26-21-17-24(13-6-3)18-22-26/h15-22H,1,4-14H2,2-3H3. The minimum Gasteiger partial charge on any atom is -0.289 e. The lowest BCUT2D eigenvalue weighted by atomic mass is 10.1. The summed E-state index contributed by atoms with van der Waals surface area (Å²) < 4.78 is 0. The molecular weight excluding hydrogens is 444 g/mol. The third kappa shape index (κ3) is 11.1. The first-order valence-electron chi connectivity index (χ1n) is 12.7. The average molecular weight is 483 g/mol. The number of hydrogen-bond acceptors (Lipinski definition) is 6. The van der Waals surface area contributed by atoms with Crippen molar-refractivity contribution in [2.75, 3.05) is 0 Å². The number of hydrogen-bond donors (Lipinski definition) is 0. The second kappa shape index (κ2) is 16.8. The molecule has 35 heavy (non-hydrogen) atoms. The van der Waals surface area contributed by atoms with Crippen molar-refractivity contribution in [3.8, 4) is 0 Å². The van der Waals surface area contributed by atoms with E-state index in [1.807, 2.05) is 24.3 Å². The van der Waals surface area contributed by atoms with E-state index in [-0.39, 0.29) is 6.29 Å². The van der Waals surface area contributed by atoms with Crippen LogP contribution in [-0.2, 0) is 32.4 Å². The van der Waals surface area contributed by atoms with Gasteiger partial charge in [0.25, 0.3) is 0 Å². The summed E-state index contributed by atoms with van der Waals surface area (Å²) in [6.07, 6.45) is 10.0. The van der Waals surface area contributed by atoms with Crippen LogP contribution in [0.15, 0.2) is 48.5 Å². The Bertz CT molecular complexity index is 794. The second-order valence-electron chi connectivity index (χ2n) is 8.55. The van der Waals surface area contributed by atoms with Gasteiger partial charge in [0.2, 0.25) is 0 Å². The Kier molecular flexibility index (Phi) is 13.7. The Labute approximate surface area is 209 Å². The smallest absolute Gasteiger partial charge is 0.289 e. The first-order chi connectivity index (χ1) is 17.1. The van der Waals surface area contributed by atoms with Gasteiger partial charge in [-0.15, -0.1) is 9.78 Å². The van der Waals surface area contributed by atoms with Gasteiger partial charge in [0.15, 0.2) is 0 Å². The molecule has 0 amide bonds. The molecule has 0 spiro atoms. The van der Waals surface area contributed by atoms with E-state index in [1.165, 1.54) is 0 Å². The Balaban J connectivity index is 1.89. The number of aryl methyl sites for hydroxylation is 2. The SMILES string of the molecule is [CH2]CCCCCCC[C](OOC(=O)c1ccc(CCC)cc1)OOC(=O)c1ccc(CCC)cc1. The van der Waals surface area contributed by atoms with Crippen molar-refractivity contribution >= 4 is 11.9 Å². The molecule has 2 rings (SSSR count). The van der Waals surface area contributed by atoms with Gasteiger partial charge in [0, 0.05) is 6.42 Å². The molecule has 0 bridgehead atoms. The number of benzene rings is 2. The zero-order valence-electron chi connectivity index (χ0n) is 21.1.